The number of benzene rings is 1. The van der Waals surface area contributed by atoms with E-state index in [1.165, 1.54) is 0 Å². The Morgan fingerprint density at radius 3 is 3.05 bits per heavy atom. The van der Waals surface area contributed by atoms with E-state index in [9.17, 15) is 4.79 Å². The van der Waals surface area contributed by atoms with E-state index in [4.69, 9.17) is 5.11 Å². The van der Waals surface area contributed by atoms with Crippen LogP contribution in [0.15, 0.2) is 30.5 Å². The summed E-state index contributed by atoms with van der Waals surface area (Å²) in [7, 11) is 0. The van der Waals surface area contributed by atoms with Gasteiger partial charge in [-0.25, -0.2) is 4.98 Å². The van der Waals surface area contributed by atoms with Gasteiger partial charge in [0, 0.05) is 28.6 Å². The van der Waals surface area contributed by atoms with E-state index in [1.54, 1.807) is 35.7 Å². The maximum absolute atomic E-state index is 12.1. The summed E-state index contributed by atoms with van der Waals surface area (Å²) < 4.78 is 0. The fraction of sp³-hybridized carbons (Fsp3) is 0.250. The lowest BCUT2D eigenvalue weighted by molar-refractivity contribution is 0.0951. The minimum absolute atomic E-state index is 0.0431. The van der Waals surface area contributed by atoms with Crippen molar-refractivity contribution in [2.24, 2.45) is 0 Å². The highest BCUT2D eigenvalue weighted by Crippen LogP contribution is 2.11. The van der Waals surface area contributed by atoms with E-state index in [0.717, 1.165) is 15.4 Å². The van der Waals surface area contributed by atoms with E-state index in [2.05, 4.69) is 22.1 Å². The number of nitrogens with one attached hydrogen (secondary N) is 1. The number of thiazole rings is 1. The van der Waals surface area contributed by atoms with E-state index >= 15 is 0 Å². The summed E-state index contributed by atoms with van der Waals surface area (Å²) in [5, 5.41) is 12.5. The lowest BCUT2D eigenvalue weighted by Gasteiger charge is -2.03. The van der Waals surface area contributed by atoms with Gasteiger partial charge in [-0.05, 0) is 25.1 Å². The second kappa shape index (κ2) is 7.58. The number of amides is 1. The standard InChI is InChI=1S/C16H16N2O2S/c1-12-17-10-15(21-12)11-18-16(20)14-7-4-6-13(9-14)5-2-3-8-19/h4,6-7,9-10,19H,3,8,11H2,1H3,(H,18,20). The zero-order valence-electron chi connectivity index (χ0n) is 11.7. The molecule has 2 N–H and O–H groups in total. The Labute approximate surface area is 127 Å². The van der Waals surface area contributed by atoms with Gasteiger partial charge in [-0.1, -0.05) is 17.9 Å². The Hall–Kier alpha value is -2.16. The predicted octanol–water partition coefficient (Wildman–Crippen LogP) is 2.12. The molecule has 5 heteroatoms. The molecule has 0 saturated carbocycles. The normalized spacial score (nSPS) is 9.81. The molecule has 108 valence electrons. The van der Waals surface area contributed by atoms with Gasteiger partial charge in [0.15, 0.2) is 0 Å². The molecular formula is C16H16N2O2S. The van der Waals surface area contributed by atoms with Gasteiger partial charge in [0.1, 0.15) is 0 Å². The molecule has 0 radical (unpaired) electrons. The first-order valence-electron chi connectivity index (χ1n) is 6.58. The van der Waals surface area contributed by atoms with Crippen molar-refractivity contribution in [3.63, 3.8) is 0 Å². The molecule has 1 aromatic heterocycles. The minimum Gasteiger partial charge on any atom is -0.395 e. The molecular weight excluding hydrogens is 284 g/mol. The molecule has 0 fully saturated rings. The van der Waals surface area contributed by atoms with Gasteiger partial charge >= 0.3 is 0 Å². The van der Waals surface area contributed by atoms with Crippen LogP contribution in [0.2, 0.25) is 0 Å². The van der Waals surface area contributed by atoms with Crippen molar-refractivity contribution in [3.05, 3.63) is 51.5 Å². The third-order valence-electron chi connectivity index (χ3n) is 2.69. The molecule has 0 aliphatic rings. The highest BCUT2D eigenvalue weighted by molar-refractivity contribution is 7.11. The van der Waals surface area contributed by atoms with Gasteiger partial charge < -0.3 is 10.4 Å². The van der Waals surface area contributed by atoms with Crippen molar-refractivity contribution in [2.45, 2.75) is 19.9 Å². The second-order valence-electron chi connectivity index (χ2n) is 4.38. The van der Waals surface area contributed by atoms with Gasteiger partial charge in [0.2, 0.25) is 0 Å². The topological polar surface area (TPSA) is 62.2 Å². The summed E-state index contributed by atoms with van der Waals surface area (Å²) in [6.45, 7) is 2.46. The summed E-state index contributed by atoms with van der Waals surface area (Å²) >= 11 is 1.57. The average molecular weight is 300 g/mol. The number of aliphatic hydroxyl groups excluding tert-OH is 1. The van der Waals surface area contributed by atoms with Crippen LogP contribution in [0.25, 0.3) is 0 Å². The monoisotopic (exact) mass is 300 g/mol. The van der Waals surface area contributed by atoms with Crippen LogP contribution in [0, 0.1) is 18.8 Å². The lowest BCUT2D eigenvalue weighted by Crippen LogP contribution is -2.22. The molecule has 0 saturated heterocycles. The smallest absolute Gasteiger partial charge is 0.251 e. The first-order chi connectivity index (χ1) is 10.2. The molecule has 2 rings (SSSR count). The van der Waals surface area contributed by atoms with Crippen LogP contribution >= 0.6 is 11.3 Å². The van der Waals surface area contributed by atoms with Gasteiger partial charge in [0.25, 0.3) is 5.91 Å². The SMILES string of the molecule is Cc1ncc(CNC(=O)c2cccc(C#CCCO)c2)s1. The molecule has 1 heterocycles. The van der Waals surface area contributed by atoms with Crippen molar-refractivity contribution in [2.75, 3.05) is 6.61 Å². The Bertz CT molecular complexity index is 683. The quantitative estimate of drug-likeness (QED) is 0.850. The summed E-state index contributed by atoms with van der Waals surface area (Å²) in [6.07, 6.45) is 2.21. The van der Waals surface area contributed by atoms with Crippen LogP contribution in [0.4, 0.5) is 0 Å². The number of aliphatic hydroxyl groups is 1. The Morgan fingerprint density at radius 2 is 2.33 bits per heavy atom. The maximum Gasteiger partial charge on any atom is 0.251 e. The first-order valence-corrected chi connectivity index (χ1v) is 7.40. The van der Waals surface area contributed by atoms with E-state index in [-0.39, 0.29) is 12.5 Å². The largest absolute Gasteiger partial charge is 0.395 e. The van der Waals surface area contributed by atoms with Gasteiger partial charge in [-0.2, -0.15) is 0 Å². The van der Waals surface area contributed by atoms with Crippen LogP contribution in [-0.2, 0) is 6.54 Å². The molecule has 2 aromatic rings. The molecule has 0 aliphatic carbocycles. The Balaban J connectivity index is 1.99. The highest BCUT2D eigenvalue weighted by Gasteiger charge is 2.06. The summed E-state index contributed by atoms with van der Waals surface area (Å²) in [5.74, 6) is 5.63. The molecule has 21 heavy (non-hydrogen) atoms. The van der Waals surface area contributed by atoms with Crippen LogP contribution in [-0.4, -0.2) is 22.6 Å². The fourth-order valence-corrected chi connectivity index (χ4v) is 2.45. The van der Waals surface area contributed by atoms with Crippen molar-refractivity contribution in [3.8, 4) is 11.8 Å². The summed E-state index contributed by atoms with van der Waals surface area (Å²) in [5.41, 5.74) is 1.34. The van der Waals surface area contributed by atoms with E-state index < -0.39 is 0 Å². The van der Waals surface area contributed by atoms with Crippen LogP contribution in [0.3, 0.4) is 0 Å². The number of aryl methyl sites for hydroxylation is 1. The highest BCUT2D eigenvalue weighted by atomic mass is 32.1. The van der Waals surface area contributed by atoms with Gasteiger partial charge in [-0.15, -0.1) is 11.3 Å². The molecule has 0 bridgehead atoms. The molecule has 0 spiro atoms. The van der Waals surface area contributed by atoms with Crippen molar-refractivity contribution >= 4 is 17.2 Å². The fourth-order valence-electron chi connectivity index (χ4n) is 1.72. The number of carbonyl (C=O) groups is 1. The van der Waals surface area contributed by atoms with Gasteiger partial charge in [-0.3, -0.25) is 4.79 Å². The Kier molecular flexibility index (Phi) is 5.50. The summed E-state index contributed by atoms with van der Waals surface area (Å²) in [4.78, 5) is 17.3. The number of rotatable bonds is 4. The molecule has 4 nitrogen and oxygen atoms in total. The third kappa shape index (κ3) is 4.71. The first kappa shape index (κ1) is 15.2. The predicted molar refractivity (Wildman–Crippen MR) is 83.0 cm³/mol. The zero-order chi connectivity index (χ0) is 15.1. The molecule has 0 aliphatic heterocycles. The molecule has 0 unspecified atom stereocenters. The van der Waals surface area contributed by atoms with E-state index in [1.807, 2.05) is 13.0 Å². The Morgan fingerprint density at radius 1 is 1.48 bits per heavy atom. The lowest BCUT2D eigenvalue weighted by atomic mass is 10.1. The maximum atomic E-state index is 12.1. The molecule has 0 atom stereocenters. The molecule has 1 aromatic carbocycles. The summed E-state index contributed by atoms with van der Waals surface area (Å²) in [6, 6.07) is 7.14. The number of carbonyl (C=O) groups excluding carboxylic acids is 1. The van der Waals surface area contributed by atoms with E-state index in [0.29, 0.717) is 18.5 Å². The van der Waals surface area contributed by atoms with Crippen LogP contribution in [0.1, 0.15) is 32.2 Å². The molecule has 1 amide bonds. The van der Waals surface area contributed by atoms with Crippen molar-refractivity contribution in [1.29, 1.82) is 0 Å². The minimum atomic E-state index is -0.133. The van der Waals surface area contributed by atoms with Gasteiger partial charge in [0.05, 0.1) is 18.2 Å². The van der Waals surface area contributed by atoms with Crippen LogP contribution in [0.5, 0.6) is 0 Å². The third-order valence-corrected chi connectivity index (χ3v) is 3.60. The zero-order valence-corrected chi connectivity index (χ0v) is 12.5. The van der Waals surface area contributed by atoms with Crippen molar-refractivity contribution in [1.82, 2.24) is 10.3 Å². The second-order valence-corrected chi connectivity index (χ2v) is 5.70. The number of hydrogen-bond acceptors (Lipinski definition) is 4. The number of nitrogens with zero attached hydrogens (tertiary/aromatic N) is 1. The number of hydrogen-bond donors (Lipinski definition) is 2. The van der Waals surface area contributed by atoms with Crippen LogP contribution < -0.4 is 5.32 Å². The number of aromatic nitrogens is 1. The average Bonchev–Trinajstić information content (AvgIpc) is 2.91. The van der Waals surface area contributed by atoms with Crippen molar-refractivity contribution < 1.29 is 9.90 Å².